The largest absolute Gasteiger partial charge is 0.294 e. The van der Waals surface area contributed by atoms with Gasteiger partial charge in [0.2, 0.25) is 6.04 Å². The van der Waals surface area contributed by atoms with Crippen LogP contribution in [-0.2, 0) is 16.5 Å². The molecule has 1 aromatic carbocycles. The maximum absolute atomic E-state index is 11.3. The predicted molar refractivity (Wildman–Crippen MR) is 65.9 cm³/mol. The topological polar surface area (TPSA) is 97.5 Å². The lowest BCUT2D eigenvalue weighted by atomic mass is 9.98. The first-order valence-corrected chi connectivity index (χ1v) is 6.78. The molecule has 1 aromatic rings. The van der Waals surface area contributed by atoms with E-state index in [1.807, 2.05) is 0 Å². The molecule has 0 heterocycles. The zero-order valence-electron chi connectivity index (χ0n) is 10.4. The van der Waals surface area contributed by atoms with Gasteiger partial charge < -0.3 is 0 Å². The maximum atomic E-state index is 11.3. The number of nitro groups is 1. The summed E-state index contributed by atoms with van der Waals surface area (Å²) in [5.41, 5.74) is 1.79. The Kier molecular flexibility index (Phi) is 4.08. The highest BCUT2D eigenvalue weighted by Crippen LogP contribution is 2.24. The van der Waals surface area contributed by atoms with Gasteiger partial charge in [0.25, 0.3) is 10.1 Å². The third-order valence-corrected chi connectivity index (χ3v) is 3.90. The van der Waals surface area contributed by atoms with Gasteiger partial charge in [-0.1, -0.05) is 6.07 Å². The molecule has 0 aromatic heterocycles. The average molecular weight is 273 g/mol. The Balaban J connectivity index is 3.39. The molecule has 0 amide bonds. The molecule has 1 rings (SSSR count). The Morgan fingerprint density at radius 2 is 1.94 bits per heavy atom. The van der Waals surface area contributed by atoms with Gasteiger partial charge in [0.15, 0.2) is 0 Å². The first-order valence-electron chi connectivity index (χ1n) is 5.34. The van der Waals surface area contributed by atoms with Crippen LogP contribution in [0, 0.1) is 24.0 Å². The number of aryl methyl sites for hydroxylation is 1. The fourth-order valence-corrected chi connectivity index (χ4v) is 2.50. The molecule has 0 saturated heterocycles. The van der Waals surface area contributed by atoms with E-state index >= 15 is 0 Å². The lowest BCUT2D eigenvalue weighted by molar-refractivity contribution is -0.517. The van der Waals surface area contributed by atoms with E-state index in [1.165, 1.54) is 13.0 Å². The zero-order chi connectivity index (χ0) is 14.1. The van der Waals surface area contributed by atoms with Crippen molar-refractivity contribution in [1.82, 2.24) is 0 Å². The van der Waals surface area contributed by atoms with E-state index in [9.17, 15) is 18.5 Å². The number of benzene rings is 1. The molecule has 0 fully saturated rings. The van der Waals surface area contributed by atoms with Crippen molar-refractivity contribution in [3.05, 3.63) is 38.9 Å². The van der Waals surface area contributed by atoms with E-state index in [0.717, 1.165) is 5.56 Å². The predicted octanol–water partition coefficient (Wildman–Crippen LogP) is 1.76. The van der Waals surface area contributed by atoms with Crippen molar-refractivity contribution in [2.45, 2.75) is 38.1 Å². The van der Waals surface area contributed by atoms with Gasteiger partial charge in [-0.15, -0.1) is 0 Å². The molecule has 0 bridgehead atoms. The molecule has 0 aliphatic heterocycles. The number of hydrogen-bond donors (Lipinski definition) is 1. The Morgan fingerprint density at radius 1 is 1.39 bits per heavy atom. The van der Waals surface area contributed by atoms with Gasteiger partial charge in [0.1, 0.15) is 0 Å². The summed E-state index contributed by atoms with van der Waals surface area (Å²) in [6, 6.07) is 1.93. The lowest BCUT2D eigenvalue weighted by Crippen LogP contribution is -2.20. The summed E-state index contributed by atoms with van der Waals surface area (Å²) in [5, 5.41) is 10.7. The normalized spacial score (nSPS) is 13.3. The van der Waals surface area contributed by atoms with Crippen molar-refractivity contribution in [3.63, 3.8) is 0 Å². The van der Waals surface area contributed by atoms with Gasteiger partial charge in [-0.05, 0) is 36.6 Å². The first-order chi connectivity index (χ1) is 8.14. The third-order valence-electron chi connectivity index (χ3n) is 2.96. The van der Waals surface area contributed by atoms with Gasteiger partial charge in [0.05, 0.1) is 4.90 Å². The van der Waals surface area contributed by atoms with Crippen LogP contribution in [0.15, 0.2) is 17.0 Å². The summed E-state index contributed by atoms with van der Waals surface area (Å²) in [6.07, 6.45) is -0.0321. The quantitative estimate of drug-likeness (QED) is 0.512. The van der Waals surface area contributed by atoms with Crippen LogP contribution in [0.1, 0.15) is 23.6 Å². The summed E-state index contributed by atoms with van der Waals surface area (Å²) in [4.78, 5) is 9.93. The fraction of sp³-hybridized carbons (Fsp3) is 0.455. The standard InChI is InChI=1S/C11H15NO5S/c1-7-4-5-11(18(15,16)17)10(9(7)3)6-8(2)12(13)14/h4-5,8H,6H2,1-3H3,(H,15,16,17). The minimum atomic E-state index is -4.37. The average Bonchev–Trinajstić information content (AvgIpc) is 2.22. The number of nitrogens with zero attached hydrogens (tertiary/aromatic N) is 1. The van der Waals surface area contributed by atoms with Crippen LogP contribution in [0.2, 0.25) is 0 Å². The van der Waals surface area contributed by atoms with E-state index in [0.29, 0.717) is 11.1 Å². The van der Waals surface area contributed by atoms with Gasteiger partial charge >= 0.3 is 0 Å². The van der Waals surface area contributed by atoms with Gasteiger partial charge in [-0.3, -0.25) is 14.7 Å². The van der Waals surface area contributed by atoms with Crippen LogP contribution in [0.25, 0.3) is 0 Å². The second kappa shape index (κ2) is 5.03. The summed E-state index contributed by atoms with van der Waals surface area (Å²) in [6.45, 7) is 4.87. The molecule has 0 radical (unpaired) electrons. The molecule has 1 atom stereocenters. The summed E-state index contributed by atoms with van der Waals surface area (Å²) in [7, 11) is -4.37. The molecule has 6 nitrogen and oxygen atoms in total. The van der Waals surface area contributed by atoms with Gasteiger partial charge in [-0.25, -0.2) is 0 Å². The minimum Gasteiger partial charge on any atom is -0.282 e. The summed E-state index contributed by atoms with van der Waals surface area (Å²) < 4.78 is 31.6. The highest BCUT2D eigenvalue weighted by molar-refractivity contribution is 7.85. The van der Waals surface area contributed by atoms with E-state index in [2.05, 4.69) is 0 Å². The van der Waals surface area contributed by atoms with Crippen molar-refractivity contribution < 1.29 is 17.9 Å². The van der Waals surface area contributed by atoms with Crippen molar-refractivity contribution in [2.75, 3.05) is 0 Å². The Labute approximate surface area is 106 Å². The zero-order valence-corrected chi connectivity index (χ0v) is 11.2. The number of rotatable bonds is 4. The van der Waals surface area contributed by atoms with Crippen LogP contribution in [0.4, 0.5) is 0 Å². The Morgan fingerprint density at radius 3 is 2.39 bits per heavy atom. The highest BCUT2D eigenvalue weighted by Gasteiger charge is 2.23. The van der Waals surface area contributed by atoms with Crippen molar-refractivity contribution >= 4 is 10.1 Å². The maximum Gasteiger partial charge on any atom is 0.294 e. The number of hydrogen-bond acceptors (Lipinski definition) is 4. The van der Waals surface area contributed by atoms with Crippen LogP contribution < -0.4 is 0 Å². The van der Waals surface area contributed by atoms with E-state index < -0.39 is 21.1 Å². The van der Waals surface area contributed by atoms with E-state index in [-0.39, 0.29) is 11.3 Å². The van der Waals surface area contributed by atoms with Crippen LogP contribution in [-0.4, -0.2) is 23.9 Å². The Hall–Kier alpha value is -1.47. The van der Waals surface area contributed by atoms with Gasteiger partial charge in [-0.2, -0.15) is 8.42 Å². The molecule has 0 aliphatic carbocycles. The fourth-order valence-electron chi connectivity index (χ4n) is 1.71. The molecular formula is C11H15NO5S. The van der Waals surface area contributed by atoms with Gasteiger partial charge in [0, 0.05) is 18.3 Å². The minimum absolute atomic E-state index is 0.0321. The molecule has 1 N–H and O–H groups in total. The SMILES string of the molecule is Cc1ccc(S(=O)(=O)O)c(CC(C)[N+](=O)[O-])c1C. The monoisotopic (exact) mass is 273 g/mol. The van der Waals surface area contributed by atoms with Crippen LogP contribution >= 0.6 is 0 Å². The molecule has 1 unspecified atom stereocenters. The molecule has 7 heteroatoms. The molecular weight excluding hydrogens is 258 g/mol. The molecule has 0 aliphatic rings. The molecule has 0 spiro atoms. The smallest absolute Gasteiger partial charge is 0.282 e. The lowest BCUT2D eigenvalue weighted by Gasteiger charge is -2.13. The summed E-state index contributed by atoms with van der Waals surface area (Å²) in [5.74, 6) is 0. The highest BCUT2D eigenvalue weighted by atomic mass is 32.2. The van der Waals surface area contributed by atoms with Crippen molar-refractivity contribution in [2.24, 2.45) is 0 Å². The molecule has 0 saturated carbocycles. The van der Waals surface area contributed by atoms with Crippen molar-refractivity contribution in [3.8, 4) is 0 Å². The first kappa shape index (κ1) is 14.6. The van der Waals surface area contributed by atoms with Crippen LogP contribution in [0.5, 0.6) is 0 Å². The Bertz CT molecular complexity index is 579. The van der Waals surface area contributed by atoms with E-state index in [4.69, 9.17) is 4.55 Å². The summed E-state index contributed by atoms with van der Waals surface area (Å²) >= 11 is 0. The molecule has 18 heavy (non-hydrogen) atoms. The third kappa shape index (κ3) is 3.05. The van der Waals surface area contributed by atoms with Crippen LogP contribution in [0.3, 0.4) is 0 Å². The molecule has 100 valence electrons. The second-order valence-corrected chi connectivity index (χ2v) is 5.69. The van der Waals surface area contributed by atoms with E-state index in [1.54, 1.807) is 19.9 Å². The second-order valence-electron chi connectivity index (χ2n) is 4.30. The van der Waals surface area contributed by atoms with Crippen molar-refractivity contribution in [1.29, 1.82) is 0 Å².